The van der Waals surface area contributed by atoms with Gasteiger partial charge in [-0.3, -0.25) is 0 Å². The van der Waals surface area contributed by atoms with E-state index in [1.165, 1.54) is 19.1 Å². The van der Waals surface area contributed by atoms with Crippen molar-refractivity contribution in [3.63, 3.8) is 0 Å². The number of benzene rings is 1. The fourth-order valence-electron chi connectivity index (χ4n) is 1.11. The second-order valence-electron chi connectivity index (χ2n) is 2.95. The Balaban J connectivity index is 0.00000106. The van der Waals surface area contributed by atoms with Gasteiger partial charge in [-0.15, -0.1) is 0 Å². The molecule has 0 aliphatic rings. The van der Waals surface area contributed by atoms with E-state index < -0.39 is 18.9 Å². The predicted octanol–water partition coefficient (Wildman–Crippen LogP) is 0.509. The highest BCUT2D eigenvalue weighted by molar-refractivity contribution is 6.58. The second kappa shape index (κ2) is 5.67. The molecule has 0 amide bonds. The lowest BCUT2D eigenvalue weighted by atomic mass is 9.79. The van der Waals surface area contributed by atoms with Gasteiger partial charge >= 0.3 is 13.3 Å². The van der Waals surface area contributed by atoms with Crippen LogP contribution in [-0.4, -0.2) is 24.0 Å². The number of rotatable bonds is 1. The molecule has 0 aliphatic heterocycles. The van der Waals surface area contributed by atoms with Crippen LogP contribution in [0.2, 0.25) is 0 Å². The second-order valence-corrected chi connectivity index (χ2v) is 2.95. The van der Waals surface area contributed by atoms with Crippen molar-refractivity contribution in [2.45, 2.75) is 13.1 Å². The van der Waals surface area contributed by atoms with Crippen molar-refractivity contribution in [1.29, 1.82) is 0 Å². The van der Waals surface area contributed by atoms with E-state index in [-0.39, 0.29) is 11.0 Å². The van der Waals surface area contributed by atoms with Gasteiger partial charge in [0.2, 0.25) is 0 Å². The van der Waals surface area contributed by atoms with Crippen molar-refractivity contribution in [1.82, 2.24) is 0 Å². The quantitative estimate of drug-likeness (QED) is 0.696. The van der Waals surface area contributed by atoms with E-state index in [0.29, 0.717) is 0 Å². The summed E-state index contributed by atoms with van der Waals surface area (Å²) in [5, 5.41) is 17.4. The summed E-state index contributed by atoms with van der Waals surface area (Å²) in [6.07, 6.45) is -4.46. The van der Waals surface area contributed by atoms with Gasteiger partial charge in [0.05, 0.1) is 5.56 Å². The zero-order valence-electron chi connectivity index (χ0n) is 8.45. The minimum absolute atomic E-state index is 0.0573. The number of hydrogen-bond acceptors (Lipinski definition) is 3. The molecule has 0 aromatic heterocycles. The van der Waals surface area contributed by atoms with Crippen LogP contribution in [-0.2, 0) is 11.0 Å². The molecular formula is C9H10BF3O3. The van der Waals surface area contributed by atoms with Gasteiger partial charge in [-0.25, -0.2) is 0 Å². The van der Waals surface area contributed by atoms with Crippen LogP contribution in [0.1, 0.15) is 11.1 Å². The van der Waals surface area contributed by atoms with Crippen molar-refractivity contribution in [3.8, 4) is 0 Å². The molecule has 1 aromatic carbocycles. The molecule has 3 nitrogen and oxygen atoms in total. The third kappa shape index (κ3) is 3.67. The molecule has 88 valence electrons. The van der Waals surface area contributed by atoms with E-state index in [1.807, 2.05) is 6.79 Å². The van der Waals surface area contributed by atoms with Crippen LogP contribution in [0.5, 0.6) is 0 Å². The highest BCUT2D eigenvalue weighted by Gasteiger charge is 2.33. The fourth-order valence-corrected chi connectivity index (χ4v) is 1.11. The Morgan fingerprint density at radius 2 is 1.75 bits per heavy atom. The number of alkyl halides is 3. The molecule has 0 atom stereocenters. The minimum atomic E-state index is -4.46. The van der Waals surface area contributed by atoms with E-state index in [2.05, 4.69) is 0 Å². The summed E-state index contributed by atoms with van der Waals surface area (Å²) in [7, 11) is -1.88. The van der Waals surface area contributed by atoms with E-state index in [0.717, 1.165) is 6.07 Å². The van der Waals surface area contributed by atoms with Crippen LogP contribution in [0.15, 0.2) is 18.2 Å². The Morgan fingerprint density at radius 3 is 2.12 bits per heavy atom. The summed E-state index contributed by atoms with van der Waals surface area (Å²) >= 11 is 0. The molecule has 0 spiro atoms. The number of halogens is 3. The van der Waals surface area contributed by atoms with Crippen LogP contribution >= 0.6 is 0 Å². The zero-order chi connectivity index (χ0) is 12.9. The molecule has 0 unspecified atom stereocenters. The van der Waals surface area contributed by atoms with Crippen molar-refractivity contribution in [2.75, 3.05) is 0 Å². The van der Waals surface area contributed by atoms with Gasteiger partial charge < -0.3 is 14.8 Å². The predicted molar refractivity (Wildman–Crippen MR) is 53.1 cm³/mol. The number of hydrogen-bond donors (Lipinski definition) is 2. The number of carbonyl (C=O) groups excluding carboxylic acids is 1. The highest BCUT2D eigenvalue weighted by atomic mass is 19.4. The van der Waals surface area contributed by atoms with Crippen LogP contribution in [0.3, 0.4) is 0 Å². The summed E-state index contributed by atoms with van der Waals surface area (Å²) in [5.41, 5.74) is -0.951. The van der Waals surface area contributed by atoms with Crippen LogP contribution in [0, 0.1) is 6.92 Å². The molecule has 0 saturated heterocycles. The van der Waals surface area contributed by atoms with Gasteiger partial charge in [0.15, 0.2) is 0 Å². The molecule has 0 aliphatic carbocycles. The first-order valence-corrected chi connectivity index (χ1v) is 4.15. The Kier molecular flexibility index (Phi) is 5.20. The molecule has 7 heteroatoms. The van der Waals surface area contributed by atoms with Crippen LogP contribution < -0.4 is 5.46 Å². The summed E-state index contributed by atoms with van der Waals surface area (Å²) in [6, 6.07) is 3.19. The molecule has 1 aromatic rings. The van der Waals surface area contributed by atoms with Gasteiger partial charge in [-0.1, -0.05) is 12.1 Å². The SMILES string of the molecule is C=O.Cc1ccc(B(O)O)cc1C(F)(F)F. The van der Waals surface area contributed by atoms with E-state index >= 15 is 0 Å². The molecular weight excluding hydrogens is 224 g/mol. The third-order valence-corrected chi connectivity index (χ3v) is 1.87. The number of carbonyl (C=O) groups is 1. The van der Waals surface area contributed by atoms with Gasteiger partial charge in [0.25, 0.3) is 0 Å². The van der Waals surface area contributed by atoms with Crippen molar-refractivity contribution >= 4 is 19.4 Å². The summed E-state index contributed by atoms with van der Waals surface area (Å²) in [6.45, 7) is 3.32. The normalized spacial score (nSPS) is 10.4. The summed E-state index contributed by atoms with van der Waals surface area (Å²) < 4.78 is 37.0. The summed E-state index contributed by atoms with van der Waals surface area (Å²) in [4.78, 5) is 8.00. The van der Waals surface area contributed by atoms with E-state index in [1.54, 1.807) is 0 Å². The molecule has 0 heterocycles. The van der Waals surface area contributed by atoms with Crippen LogP contribution in [0.25, 0.3) is 0 Å². The number of aryl methyl sites for hydroxylation is 1. The van der Waals surface area contributed by atoms with E-state index in [4.69, 9.17) is 14.8 Å². The largest absolute Gasteiger partial charge is 0.488 e. The first kappa shape index (κ1) is 14.7. The van der Waals surface area contributed by atoms with Gasteiger partial charge in [-0.05, 0) is 24.0 Å². The van der Waals surface area contributed by atoms with Gasteiger partial charge in [-0.2, -0.15) is 13.2 Å². The third-order valence-electron chi connectivity index (χ3n) is 1.87. The molecule has 0 fully saturated rings. The lowest BCUT2D eigenvalue weighted by Gasteiger charge is -2.11. The zero-order valence-corrected chi connectivity index (χ0v) is 8.45. The Morgan fingerprint density at radius 1 is 1.25 bits per heavy atom. The average Bonchev–Trinajstić information content (AvgIpc) is 2.19. The van der Waals surface area contributed by atoms with Crippen LogP contribution in [0.4, 0.5) is 13.2 Å². The maximum absolute atomic E-state index is 12.3. The Bertz CT molecular complexity index is 352. The van der Waals surface area contributed by atoms with Gasteiger partial charge in [0, 0.05) is 0 Å². The Hall–Kier alpha value is -1.34. The monoisotopic (exact) mass is 234 g/mol. The average molecular weight is 234 g/mol. The van der Waals surface area contributed by atoms with Gasteiger partial charge in [0.1, 0.15) is 6.79 Å². The van der Waals surface area contributed by atoms with Crippen molar-refractivity contribution < 1.29 is 28.0 Å². The lowest BCUT2D eigenvalue weighted by Crippen LogP contribution is -2.31. The first-order valence-electron chi connectivity index (χ1n) is 4.15. The maximum Gasteiger partial charge on any atom is 0.488 e. The molecule has 1 rings (SSSR count). The smallest absolute Gasteiger partial charge is 0.423 e. The topological polar surface area (TPSA) is 57.5 Å². The molecule has 0 bridgehead atoms. The maximum atomic E-state index is 12.3. The fraction of sp³-hybridized carbons (Fsp3) is 0.222. The Labute approximate surface area is 90.7 Å². The molecule has 0 radical (unpaired) electrons. The first-order chi connectivity index (χ1) is 7.32. The molecule has 16 heavy (non-hydrogen) atoms. The van der Waals surface area contributed by atoms with Crippen molar-refractivity contribution in [3.05, 3.63) is 29.3 Å². The highest BCUT2D eigenvalue weighted by Crippen LogP contribution is 2.30. The molecule has 0 saturated carbocycles. The standard InChI is InChI=1S/C8H8BF3O2.CH2O/c1-5-2-3-6(9(13)14)4-7(5)8(10,11)12;1-2/h2-4,13-14H,1H3;1H2. The lowest BCUT2D eigenvalue weighted by molar-refractivity contribution is -0.138. The van der Waals surface area contributed by atoms with E-state index in [9.17, 15) is 13.2 Å². The summed E-state index contributed by atoms with van der Waals surface area (Å²) in [5.74, 6) is 0. The molecule has 2 N–H and O–H groups in total. The van der Waals surface area contributed by atoms with Crippen molar-refractivity contribution in [2.24, 2.45) is 0 Å². The minimum Gasteiger partial charge on any atom is -0.423 e.